The van der Waals surface area contributed by atoms with Crippen LogP contribution in [0.4, 0.5) is 15.8 Å². The number of carbonyl (C=O) groups is 2. The third-order valence-corrected chi connectivity index (χ3v) is 6.01. The van der Waals surface area contributed by atoms with Crippen molar-refractivity contribution in [1.29, 1.82) is 0 Å². The van der Waals surface area contributed by atoms with Crippen molar-refractivity contribution in [2.24, 2.45) is 0 Å². The molecule has 4 rings (SSSR count). The minimum atomic E-state index is -0.576. The predicted octanol–water partition coefficient (Wildman–Crippen LogP) is 5.46. The smallest absolute Gasteiger partial charge is 0.265 e. The first-order valence-electron chi connectivity index (χ1n) is 9.40. The van der Waals surface area contributed by atoms with Crippen LogP contribution in [0, 0.1) is 12.7 Å². The average Bonchev–Trinajstić information content (AvgIpc) is 3.27. The second-order valence-electron chi connectivity index (χ2n) is 7.03. The molecule has 0 saturated carbocycles. The number of aromatic nitrogens is 2. The van der Waals surface area contributed by atoms with Crippen LogP contribution in [-0.4, -0.2) is 21.6 Å². The lowest BCUT2D eigenvalue weighted by molar-refractivity contribution is -0.114. The maximum Gasteiger partial charge on any atom is 0.265 e. The Labute approximate surface area is 186 Å². The number of nitrogens with one attached hydrogen (secondary N) is 2. The van der Waals surface area contributed by atoms with Crippen molar-refractivity contribution in [1.82, 2.24) is 9.78 Å². The van der Waals surface area contributed by atoms with Crippen LogP contribution in [0.5, 0.6) is 0 Å². The highest BCUT2D eigenvalue weighted by atomic mass is 35.5. The summed E-state index contributed by atoms with van der Waals surface area (Å²) in [6, 6.07) is 13.4. The maximum atomic E-state index is 13.8. The molecular formula is C22H18ClFN4O2S. The van der Waals surface area contributed by atoms with Gasteiger partial charge in [-0.25, -0.2) is 4.39 Å². The Morgan fingerprint density at radius 3 is 2.58 bits per heavy atom. The van der Waals surface area contributed by atoms with E-state index in [0.717, 1.165) is 21.5 Å². The van der Waals surface area contributed by atoms with Gasteiger partial charge in [0.15, 0.2) is 0 Å². The van der Waals surface area contributed by atoms with Gasteiger partial charge in [-0.3, -0.25) is 14.3 Å². The number of hydrogen-bond acceptors (Lipinski definition) is 4. The van der Waals surface area contributed by atoms with Crippen LogP contribution in [0.15, 0.2) is 48.5 Å². The molecule has 0 fully saturated rings. The first-order valence-corrected chi connectivity index (χ1v) is 10.6. The minimum Gasteiger partial charge on any atom is -0.324 e. The van der Waals surface area contributed by atoms with Gasteiger partial charge >= 0.3 is 0 Å². The number of rotatable bonds is 5. The Morgan fingerprint density at radius 1 is 1.13 bits per heavy atom. The van der Waals surface area contributed by atoms with Crippen molar-refractivity contribution in [2.45, 2.75) is 20.4 Å². The molecule has 6 nitrogen and oxygen atoms in total. The Morgan fingerprint density at radius 2 is 1.87 bits per heavy atom. The molecule has 0 aliphatic rings. The van der Waals surface area contributed by atoms with E-state index in [4.69, 9.17) is 11.6 Å². The van der Waals surface area contributed by atoms with Gasteiger partial charge in [0.05, 0.1) is 22.8 Å². The van der Waals surface area contributed by atoms with Crippen LogP contribution in [0.3, 0.4) is 0 Å². The van der Waals surface area contributed by atoms with Crippen molar-refractivity contribution in [3.05, 3.63) is 75.5 Å². The standard InChI is InChI=1S/C22H18ClFN4O2S/c1-12-17-10-20(21(30)26-16-7-8-18(24)19(9-16)25-13(2)29)31-22(17)28(27-12)11-14-3-5-15(23)6-4-14/h3-10H,11H2,1-2H3,(H,25,29)(H,26,30). The molecule has 158 valence electrons. The molecule has 2 aromatic carbocycles. The third-order valence-electron chi connectivity index (χ3n) is 4.61. The number of benzene rings is 2. The highest BCUT2D eigenvalue weighted by Crippen LogP contribution is 2.30. The lowest BCUT2D eigenvalue weighted by Gasteiger charge is -2.08. The fraction of sp³-hybridized carbons (Fsp3) is 0.136. The van der Waals surface area contributed by atoms with Gasteiger partial charge in [0.1, 0.15) is 10.6 Å². The number of thiophene rings is 1. The molecule has 2 heterocycles. The van der Waals surface area contributed by atoms with E-state index in [1.807, 2.05) is 35.9 Å². The molecule has 2 amide bonds. The van der Waals surface area contributed by atoms with Crippen LogP contribution in [-0.2, 0) is 11.3 Å². The summed E-state index contributed by atoms with van der Waals surface area (Å²) >= 11 is 7.29. The van der Waals surface area contributed by atoms with Crippen molar-refractivity contribution < 1.29 is 14.0 Å². The second-order valence-corrected chi connectivity index (χ2v) is 8.50. The topological polar surface area (TPSA) is 76.0 Å². The first-order chi connectivity index (χ1) is 14.8. The molecule has 0 aliphatic carbocycles. The summed E-state index contributed by atoms with van der Waals surface area (Å²) in [6.07, 6.45) is 0. The van der Waals surface area contributed by atoms with E-state index in [1.54, 1.807) is 6.07 Å². The van der Waals surface area contributed by atoms with E-state index in [-0.39, 0.29) is 11.6 Å². The number of nitrogens with zero attached hydrogens (tertiary/aromatic N) is 2. The van der Waals surface area contributed by atoms with Gasteiger partial charge in [0.25, 0.3) is 5.91 Å². The molecule has 9 heteroatoms. The molecule has 0 bridgehead atoms. The summed E-state index contributed by atoms with van der Waals surface area (Å²) in [7, 11) is 0. The number of hydrogen-bond donors (Lipinski definition) is 2. The molecule has 0 atom stereocenters. The van der Waals surface area contributed by atoms with Gasteiger partial charge in [-0.05, 0) is 48.9 Å². The Bertz CT molecular complexity index is 1300. The third kappa shape index (κ3) is 4.60. The Kier molecular flexibility index (Phi) is 5.75. The number of carbonyl (C=O) groups excluding carboxylic acids is 2. The fourth-order valence-electron chi connectivity index (χ4n) is 3.18. The summed E-state index contributed by atoms with van der Waals surface area (Å²) in [5.41, 5.74) is 2.27. The zero-order chi connectivity index (χ0) is 22.1. The van der Waals surface area contributed by atoms with E-state index >= 15 is 0 Å². The van der Waals surface area contributed by atoms with Crippen LogP contribution < -0.4 is 10.6 Å². The molecule has 0 unspecified atom stereocenters. The number of aryl methyl sites for hydroxylation is 1. The van der Waals surface area contributed by atoms with Gasteiger partial charge in [-0.1, -0.05) is 23.7 Å². The molecule has 31 heavy (non-hydrogen) atoms. The SMILES string of the molecule is CC(=O)Nc1cc(NC(=O)c2cc3c(C)nn(Cc4ccc(Cl)cc4)c3s2)ccc1F. The molecule has 4 aromatic rings. The largest absolute Gasteiger partial charge is 0.324 e. The summed E-state index contributed by atoms with van der Waals surface area (Å²) in [6.45, 7) is 3.74. The molecular weight excluding hydrogens is 439 g/mol. The predicted molar refractivity (Wildman–Crippen MR) is 122 cm³/mol. The molecule has 0 spiro atoms. The quantitative estimate of drug-likeness (QED) is 0.419. The minimum absolute atomic E-state index is 0.0103. The van der Waals surface area contributed by atoms with Crippen LogP contribution >= 0.6 is 22.9 Å². The van der Waals surface area contributed by atoms with Crippen LogP contribution in [0.25, 0.3) is 10.2 Å². The normalized spacial score (nSPS) is 11.0. The van der Waals surface area contributed by atoms with E-state index in [1.165, 1.54) is 36.5 Å². The van der Waals surface area contributed by atoms with E-state index in [9.17, 15) is 14.0 Å². The summed E-state index contributed by atoms with van der Waals surface area (Å²) in [5.74, 6) is -1.29. The molecule has 2 aromatic heterocycles. The number of fused-ring (bicyclic) bond motifs is 1. The van der Waals surface area contributed by atoms with Crippen molar-refractivity contribution in [3.63, 3.8) is 0 Å². The zero-order valence-electron chi connectivity index (χ0n) is 16.7. The Balaban J connectivity index is 1.58. The van der Waals surface area contributed by atoms with Crippen molar-refractivity contribution in [3.8, 4) is 0 Å². The molecule has 0 saturated heterocycles. The summed E-state index contributed by atoms with van der Waals surface area (Å²) in [4.78, 5) is 25.4. The lowest BCUT2D eigenvalue weighted by Crippen LogP contribution is -2.12. The van der Waals surface area contributed by atoms with E-state index < -0.39 is 11.7 Å². The van der Waals surface area contributed by atoms with Crippen LogP contribution in [0.1, 0.15) is 27.9 Å². The van der Waals surface area contributed by atoms with Gasteiger partial charge in [0.2, 0.25) is 5.91 Å². The van der Waals surface area contributed by atoms with Gasteiger partial charge in [0, 0.05) is 23.0 Å². The van der Waals surface area contributed by atoms with Gasteiger partial charge < -0.3 is 10.6 Å². The summed E-state index contributed by atoms with van der Waals surface area (Å²) in [5, 5.41) is 11.3. The first kappa shape index (κ1) is 21.0. The monoisotopic (exact) mass is 456 g/mol. The molecule has 0 aliphatic heterocycles. The molecule has 0 radical (unpaired) electrons. The average molecular weight is 457 g/mol. The van der Waals surface area contributed by atoms with E-state index in [2.05, 4.69) is 15.7 Å². The van der Waals surface area contributed by atoms with Gasteiger partial charge in [-0.15, -0.1) is 11.3 Å². The second kappa shape index (κ2) is 8.49. The molecule has 2 N–H and O–H groups in total. The zero-order valence-corrected chi connectivity index (χ0v) is 18.3. The van der Waals surface area contributed by atoms with E-state index in [0.29, 0.717) is 22.1 Å². The number of amides is 2. The highest BCUT2D eigenvalue weighted by molar-refractivity contribution is 7.20. The number of halogens is 2. The number of anilines is 2. The Hall–Kier alpha value is -3.23. The van der Waals surface area contributed by atoms with Gasteiger partial charge in [-0.2, -0.15) is 5.10 Å². The van der Waals surface area contributed by atoms with Crippen molar-refractivity contribution >= 4 is 56.3 Å². The van der Waals surface area contributed by atoms with Crippen LogP contribution in [0.2, 0.25) is 5.02 Å². The highest BCUT2D eigenvalue weighted by Gasteiger charge is 2.17. The maximum absolute atomic E-state index is 13.8. The lowest BCUT2D eigenvalue weighted by atomic mass is 10.2. The fourth-order valence-corrected chi connectivity index (χ4v) is 4.36. The van der Waals surface area contributed by atoms with Crippen molar-refractivity contribution in [2.75, 3.05) is 10.6 Å². The summed E-state index contributed by atoms with van der Waals surface area (Å²) < 4.78 is 15.7.